The van der Waals surface area contributed by atoms with Crippen LogP contribution < -0.4 is 20.6 Å². The zero-order chi connectivity index (χ0) is 15.0. The quantitative estimate of drug-likeness (QED) is 0.510. The number of halogens is 1. The normalized spacial score (nSPS) is 10.6. The van der Waals surface area contributed by atoms with E-state index < -0.39 is 6.03 Å². The number of carbonyl (C=O) groups is 1. The van der Waals surface area contributed by atoms with Crippen LogP contribution in [0.1, 0.15) is 12.5 Å². The molecule has 0 heterocycles. The minimum Gasteiger partial charge on any atom is -0.490 e. The van der Waals surface area contributed by atoms with E-state index in [4.69, 9.17) is 20.3 Å². The minimum atomic E-state index is -0.745. The van der Waals surface area contributed by atoms with Crippen LogP contribution in [-0.4, -0.2) is 37.2 Å². The highest BCUT2D eigenvalue weighted by molar-refractivity contribution is 9.10. The van der Waals surface area contributed by atoms with E-state index in [1.54, 1.807) is 12.1 Å². The summed E-state index contributed by atoms with van der Waals surface area (Å²) in [7, 11) is 0. The molecule has 0 bridgehead atoms. The average molecular weight is 346 g/mol. The predicted molar refractivity (Wildman–Crippen MR) is 78.2 cm³/mol. The molecule has 0 saturated heterocycles. The molecule has 0 fully saturated rings. The molecule has 1 aromatic carbocycles. The molecule has 0 aliphatic rings. The summed E-state index contributed by atoms with van der Waals surface area (Å²) < 4.78 is 11.5. The summed E-state index contributed by atoms with van der Waals surface area (Å²) in [6.07, 6.45) is 1.42. The summed E-state index contributed by atoms with van der Waals surface area (Å²) in [5, 5.41) is 12.5. The molecule has 7 nitrogen and oxygen atoms in total. The van der Waals surface area contributed by atoms with Crippen molar-refractivity contribution in [1.82, 2.24) is 5.43 Å². The maximum absolute atomic E-state index is 10.5. The smallest absolute Gasteiger partial charge is 0.332 e. The van der Waals surface area contributed by atoms with E-state index in [0.29, 0.717) is 28.1 Å². The first kappa shape index (κ1) is 16.3. The predicted octanol–water partition coefficient (Wildman–Crippen LogP) is 1.22. The van der Waals surface area contributed by atoms with Crippen LogP contribution >= 0.6 is 15.9 Å². The van der Waals surface area contributed by atoms with Crippen molar-refractivity contribution in [2.24, 2.45) is 10.8 Å². The van der Waals surface area contributed by atoms with Gasteiger partial charge in [0.15, 0.2) is 11.5 Å². The van der Waals surface area contributed by atoms with Crippen molar-refractivity contribution in [3.8, 4) is 11.5 Å². The summed E-state index contributed by atoms with van der Waals surface area (Å²) in [4.78, 5) is 10.5. The number of hydrogen-bond donors (Lipinski definition) is 3. The van der Waals surface area contributed by atoms with Crippen LogP contribution in [0.4, 0.5) is 4.79 Å². The van der Waals surface area contributed by atoms with Crippen LogP contribution in [0.5, 0.6) is 11.5 Å². The molecular formula is C12H16BrN3O4. The highest BCUT2D eigenvalue weighted by Gasteiger charge is 2.10. The number of aliphatic hydroxyl groups is 1. The average Bonchev–Trinajstić information content (AvgIpc) is 2.40. The second-order valence-corrected chi connectivity index (χ2v) is 4.41. The summed E-state index contributed by atoms with van der Waals surface area (Å²) in [6.45, 7) is 2.39. The molecule has 0 atom stereocenters. The zero-order valence-corrected chi connectivity index (χ0v) is 12.5. The summed E-state index contributed by atoms with van der Waals surface area (Å²) in [6, 6.07) is 2.66. The van der Waals surface area contributed by atoms with E-state index in [1.165, 1.54) is 6.21 Å². The second-order valence-electron chi connectivity index (χ2n) is 3.56. The van der Waals surface area contributed by atoms with Gasteiger partial charge in [-0.15, -0.1) is 0 Å². The number of nitrogens with zero attached hydrogens (tertiary/aromatic N) is 1. The molecule has 0 aliphatic heterocycles. The number of rotatable bonds is 7. The van der Waals surface area contributed by atoms with E-state index in [1.807, 2.05) is 6.92 Å². The van der Waals surface area contributed by atoms with Crippen LogP contribution in [0.3, 0.4) is 0 Å². The molecule has 8 heteroatoms. The maximum Gasteiger partial charge on any atom is 0.332 e. The van der Waals surface area contributed by atoms with Gasteiger partial charge in [-0.05, 0) is 35.0 Å². The number of aliphatic hydroxyl groups excluding tert-OH is 1. The van der Waals surface area contributed by atoms with Crippen LogP contribution in [-0.2, 0) is 0 Å². The third-order valence-corrected chi connectivity index (χ3v) is 2.78. The highest BCUT2D eigenvalue weighted by Crippen LogP contribution is 2.33. The molecule has 4 N–H and O–H groups in total. The van der Waals surface area contributed by atoms with Crippen LogP contribution in [0.25, 0.3) is 0 Å². The van der Waals surface area contributed by atoms with Crippen LogP contribution in [0, 0.1) is 0 Å². The van der Waals surface area contributed by atoms with E-state index in [2.05, 4.69) is 26.5 Å². The number of nitrogens with two attached hydrogens (primary N) is 1. The Labute approximate surface area is 124 Å². The molecule has 0 aromatic heterocycles. The number of primary amides is 1. The van der Waals surface area contributed by atoms with Crippen LogP contribution in [0.15, 0.2) is 21.7 Å². The van der Waals surface area contributed by atoms with Gasteiger partial charge in [-0.1, -0.05) is 0 Å². The van der Waals surface area contributed by atoms with Crippen molar-refractivity contribution in [3.05, 3.63) is 22.2 Å². The van der Waals surface area contributed by atoms with Gasteiger partial charge in [0.1, 0.15) is 6.61 Å². The van der Waals surface area contributed by atoms with Gasteiger partial charge < -0.3 is 20.3 Å². The molecule has 0 radical (unpaired) electrons. The molecule has 110 valence electrons. The molecule has 0 aliphatic carbocycles. The van der Waals surface area contributed by atoms with Crippen molar-refractivity contribution in [2.45, 2.75) is 6.92 Å². The van der Waals surface area contributed by atoms with Crippen molar-refractivity contribution in [3.63, 3.8) is 0 Å². The van der Waals surface area contributed by atoms with E-state index in [9.17, 15) is 4.79 Å². The van der Waals surface area contributed by atoms with Gasteiger partial charge in [-0.25, -0.2) is 10.2 Å². The van der Waals surface area contributed by atoms with Crippen molar-refractivity contribution in [2.75, 3.05) is 19.8 Å². The topological polar surface area (TPSA) is 106 Å². The molecule has 0 unspecified atom stereocenters. The Morgan fingerprint density at radius 3 is 2.80 bits per heavy atom. The lowest BCUT2D eigenvalue weighted by Gasteiger charge is -2.13. The fraction of sp³-hybridized carbons (Fsp3) is 0.333. The monoisotopic (exact) mass is 345 g/mol. The Morgan fingerprint density at radius 1 is 1.50 bits per heavy atom. The molecular weight excluding hydrogens is 330 g/mol. The van der Waals surface area contributed by atoms with Crippen molar-refractivity contribution in [1.29, 1.82) is 0 Å². The van der Waals surface area contributed by atoms with Gasteiger partial charge in [0.2, 0.25) is 0 Å². The number of carbonyl (C=O) groups excluding carboxylic acids is 1. The zero-order valence-electron chi connectivity index (χ0n) is 10.9. The summed E-state index contributed by atoms with van der Waals surface area (Å²) in [5.41, 5.74) is 7.69. The molecule has 1 aromatic rings. The van der Waals surface area contributed by atoms with Gasteiger partial charge in [0.05, 0.1) is 19.4 Å². The maximum atomic E-state index is 10.5. The molecule has 2 amide bonds. The number of amides is 2. The molecule has 1 rings (SSSR count). The number of ether oxygens (including phenoxy) is 2. The first-order valence-electron chi connectivity index (χ1n) is 5.87. The Morgan fingerprint density at radius 2 is 2.20 bits per heavy atom. The third kappa shape index (κ3) is 5.06. The SMILES string of the molecule is CCOc1cc(C=NNC(N)=O)c(Br)cc1OCCO. The number of benzene rings is 1. The third-order valence-electron chi connectivity index (χ3n) is 2.09. The van der Waals surface area contributed by atoms with E-state index >= 15 is 0 Å². The fourth-order valence-electron chi connectivity index (χ4n) is 1.35. The van der Waals surface area contributed by atoms with Crippen molar-refractivity contribution >= 4 is 28.2 Å². The Bertz CT molecular complexity index is 494. The van der Waals surface area contributed by atoms with Crippen molar-refractivity contribution < 1.29 is 19.4 Å². The lowest BCUT2D eigenvalue weighted by atomic mass is 10.2. The lowest BCUT2D eigenvalue weighted by Crippen LogP contribution is -2.24. The first-order valence-corrected chi connectivity index (χ1v) is 6.66. The number of hydrazone groups is 1. The van der Waals surface area contributed by atoms with Gasteiger partial charge in [-0.3, -0.25) is 0 Å². The number of hydrogen-bond acceptors (Lipinski definition) is 5. The second kappa shape index (κ2) is 8.39. The lowest BCUT2D eigenvalue weighted by molar-refractivity contribution is 0.194. The largest absolute Gasteiger partial charge is 0.490 e. The Hall–Kier alpha value is -1.80. The number of nitrogens with one attached hydrogen (secondary N) is 1. The highest BCUT2D eigenvalue weighted by atomic mass is 79.9. The van der Waals surface area contributed by atoms with E-state index in [0.717, 1.165) is 0 Å². The number of urea groups is 1. The summed E-state index contributed by atoms with van der Waals surface area (Å²) in [5.74, 6) is 1.03. The molecule has 0 saturated carbocycles. The minimum absolute atomic E-state index is 0.0884. The van der Waals surface area contributed by atoms with E-state index in [-0.39, 0.29) is 13.2 Å². The standard InChI is InChI=1S/C12H16BrN3O4/c1-2-19-10-5-8(7-15-16-12(14)18)9(13)6-11(10)20-4-3-17/h5-7,17H,2-4H2,1H3,(H3,14,16,18). The Kier molecular flexibility index (Phi) is 6.82. The first-order chi connectivity index (χ1) is 9.58. The molecule has 20 heavy (non-hydrogen) atoms. The molecule has 0 spiro atoms. The fourth-order valence-corrected chi connectivity index (χ4v) is 1.78. The van der Waals surface area contributed by atoms with Crippen LogP contribution in [0.2, 0.25) is 0 Å². The Balaban J connectivity index is 2.99. The summed E-state index contributed by atoms with van der Waals surface area (Å²) >= 11 is 3.36. The van der Waals surface area contributed by atoms with Gasteiger partial charge in [0, 0.05) is 10.0 Å². The van der Waals surface area contributed by atoms with Gasteiger partial charge in [-0.2, -0.15) is 5.10 Å². The van der Waals surface area contributed by atoms with Gasteiger partial charge in [0.25, 0.3) is 0 Å². The van der Waals surface area contributed by atoms with Gasteiger partial charge >= 0.3 is 6.03 Å².